The zero-order chi connectivity index (χ0) is 67.5. The number of carbonyl (C=O) groups excluding carboxylic acids is 4. The maximum Gasteiger partial charge on any atom is 0.472 e. The van der Waals surface area contributed by atoms with Crippen LogP contribution in [0.1, 0.15) is 357 Å². The molecule has 0 aliphatic rings. The molecular weight excluding hydrogens is 1200 g/mol. The Morgan fingerprint density at radius 2 is 0.527 bits per heavy atom. The van der Waals surface area contributed by atoms with Gasteiger partial charge in [-0.1, -0.05) is 306 Å². The van der Waals surface area contributed by atoms with E-state index in [9.17, 15) is 43.2 Å². The maximum absolute atomic E-state index is 13.0. The van der Waals surface area contributed by atoms with E-state index in [1.54, 1.807) is 0 Å². The Bertz CT molecular complexity index is 1800. The first-order valence-corrected chi connectivity index (χ1v) is 40.2. The molecule has 91 heavy (non-hydrogen) atoms. The second-order valence-electron chi connectivity index (χ2n) is 27.6. The summed E-state index contributed by atoms with van der Waals surface area (Å²) in [7, 11) is -9.91. The summed E-state index contributed by atoms with van der Waals surface area (Å²) in [5.74, 6) is 0.866. The number of phosphoric ester groups is 2. The average Bonchev–Trinajstić information content (AvgIpc) is 3.44. The summed E-state index contributed by atoms with van der Waals surface area (Å²) >= 11 is 0. The van der Waals surface area contributed by atoms with Gasteiger partial charge in [0.15, 0.2) is 12.2 Å². The summed E-state index contributed by atoms with van der Waals surface area (Å²) in [4.78, 5) is 72.6. The van der Waals surface area contributed by atoms with Gasteiger partial charge in [-0.05, 0) is 49.4 Å². The van der Waals surface area contributed by atoms with Gasteiger partial charge in [-0.2, -0.15) is 0 Å². The lowest BCUT2D eigenvalue weighted by molar-refractivity contribution is -0.161. The molecular formula is C72H140O17P2. The van der Waals surface area contributed by atoms with Crippen molar-refractivity contribution in [1.29, 1.82) is 0 Å². The number of unbranched alkanes of at least 4 members (excludes halogenated alkanes) is 34. The molecule has 0 heterocycles. The summed E-state index contributed by atoms with van der Waals surface area (Å²) in [6, 6.07) is 0. The van der Waals surface area contributed by atoms with Crippen LogP contribution in [0.4, 0.5) is 0 Å². The molecule has 0 saturated heterocycles. The lowest BCUT2D eigenvalue weighted by Crippen LogP contribution is -2.30. The van der Waals surface area contributed by atoms with Crippen molar-refractivity contribution in [3.8, 4) is 0 Å². The molecule has 0 aliphatic carbocycles. The molecule has 0 aliphatic heterocycles. The SMILES string of the molecule is CCC(C)CCCCCCCCCCC(=O)O[C@H](COC(=O)CCCCCCCCC(C)C)COP(=O)(O)OC[C@H](O)COP(=O)(O)OC[C@@H](COC(=O)CCCCCCCCCCCC(C)C)OC(=O)CCCCCCCCCCCCCCCCCC(C)C. The molecule has 0 saturated carbocycles. The normalized spacial score (nSPS) is 14.5. The highest BCUT2D eigenvalue weighted by Gasteiger charge is 2.30. The number of ether oxygens (including phenoxy) is 4. The highest BCUT2D eigenvalue weighted by atomic mass is 31.2. The first kappa shape index (κ1) is 89.1. The van der Waals surface area contributed by atoms with Crippen LogP contribution < -0.4 is 0 Å². The molecule has 19 heteroatoms. The van der Waals surface area contributed by atoms with Gasteiger partial charge in [0.05, 0.1) is 26.4 Å². The van der Waals surface area contributed by atoms with E-state index in [0.29, 0.717) is 31.6 Å². The van der Waals surface area contributed by atoms with Gasteiger partial charge in [-0.3, -0.25) is 37.3 Å². The van der Waals surface area contributed by atoms with Crippen LogP contribution in [0.15, 0.2) is 0 Å². The van der Waals surface area contributed by atoms with Crippen molar-refractivity contribution in [2.24, 2.45) is 23.7 Å². The molecule has 0 aromatic heterocycles. The zero-order valence-corrected chi connectivity index (χ0v) is 61.3. The van der Waals surface area contributed by atoms with E-state index < -0.39 is 97.5 Å². The molecule has 3 N–H and O–H groups in total. The fourth-order valence-electron chi connectivity index (χ4n) is 10.8. The fraction of sp³-hybridized carbons (Fsp3) is 0.944. The first-order valence-electron chi connectivity index (χ1n) is 37.2. The highest BCUT2D eigenvalue weighted by molar-refractivity contribution is 7.47. The maximum atomic E-state index is 13.0. The van der Waals surface area contributed by atoms with Crippen molar-refractivity contribution >= 4 is 39.5 Å². The Labute approximate surface area is 556 Å². The van der Waals surface area contributed by atoms with Crippen molar-refractivity contribution in [1.82, 2.24) is 0 Å². The third-order valence-corrected chi connectivity index (χ3v) is 18.8. The minimum atomic E-state index is -4.95. The number of carbonyl (C=O) groups is 4. The quantitative estimate of drug-likeness (QED) is 0.0222. The van der Waals surface area contributed by atoms with Gasteiger partial charge in [0.1, 0.15) is 19.3 Å². The second-order valence-corrected chi connectivity index (χ2v) is 30.6. The molecule has 0 amide bonds. The van der Waals surface area contributed by atoms with Gasteiger partial charge in [0.25, 0.3) is 0 Å². The third kappa shape index (κ3) is 65.1. The van der Waals surface area contributed by atoms with Crippen LogP contribution in [0.25, 0.3) is 0 Å². The molecule has 0 rings (SSSR count). The number of aliphatic hydroxyl groups excluding tert-OH is 1. The molecule has 0 radical (unpaired) electrons. The minimum absolute atomic E-state index is 0.103. The van der Waals surface area contributed by atoms with Crippen LogP contribution in [0.2, 0.25) is 0 Å². The number of phosphoric acid groups is 2. The topological polar surface area (TPSA) is 237 Å². The van der Waals surface area contributed by atoms with Gasteiger partial charge in [-0.15, -0.1) is 0 Å². The lowest BCUT2D eigenvalue weighted by Gasteiger charge is -2.21. The molecule has 0 aromatic rings. The second kappa shape index (κ2) is 61.6. The molecule has 0 fully saturated rings. The zero-order valence-electron chi connectivity index (χ0n) is 59.5. The number of rotatable bonds is 69. The monoisotopic (exact) mass is 1340 g/mol. The molecule has 0 bridgehead atoms. The Morgan fingerprint density at radius 3 is 0.780 bits per heavy atom. The van der Waals surface area contributed by atoms with Crippen LogP contribution >= 0.6 is 15.6 Å². The minimum Gasteiger partial charge on any atom is -0.462 e. The molecule has 0 aromatic carbocycles. The largest absolute Gasteiger partial charge is 0.472 e. The first-order chi connectivity index (χ1) is 43.6. The molecule has 0 spiro atoms. The third-order valence-electron chi connectivity index (χ3n) is 16.9. The van der Waals surface area contributed by atoms with Crippen LogP contribution in [-0.4, -0.2) is 96.7 Å². The fourth-order valence-corrected chi connectivity index (χ4v) is 12.4. The Hall–Kier alpha value is -1.94. The molecule has 17 nitrogen and oxygen atoms in total. The van der Waals surface area contributed by atoms with Gasteiger partial charge in [0, 0.05) is 25.7 Å². The van der Waals surface area contributed by atoms with E-state index in [0.717, 1.165) is 114 Å². The Morgan fingerprint density at radius 1 is 0.308 bits per heavy atom. The van der Waals surface area contributed by atoms with Gasteiger partial charge < -0.3 is 33.8 Å². The van der Waals surface area contributed by atoms with Crippen molar-refractivity contribution in [2.45, 2.75) is 375 Å². The van der Waals surface area contributed by atoms with Crippen molar-refractivity contribution < 1.29 is 80.2 Å². The number of aliphatic hydroxyl groups is 1. The van der Waals surface area contributed by atoms with E-state index in [2.05, 4.69) is 55.4 Å². The van der Waals surface area contributed by atoms with E-state index in [1.807, 2.05) is 0 Å². The Kier molecular flexibility index (Phi) is 60.3. The summed E-state index contributed by atoms with van der Waals surface area (Å²) in [6.45, 7) is 14.1. The van der Waals surface area contributed by atoms with E-state index in [4.69, 9.17) is 37.0 Å². The highest BCUT2D eigenvalue weighted by Crippen LogP contribution is 2.45. The van der Waals surface area contributed by atoms with Crippen LogP contribution in [-0.2, 0) is 65.4 Å². The molecule has 540 valence electrons. The van der Waals surface area contributed by atoms with Crippen molar-refractivity contribution in [3.05, 3.63) is 0 Å². The number of hydrogen-bond donors (Lipinski definition) is 3. The summed E-state index contributed by atoms with van der Waals surface area (Å²) < 4.78 is 68.3. The molecule has 3 unspecified atom stereocenters. The number of hydrogen-bond acceptors (Lipinski definition) is 15. The van der Waals surface area contributed by atoms with Crippen LogP contribution in [0.3, 0.4) is 0 Å². The summed E-state index contributed by atoms with van der Waals surface area (Å²) in [6.07, 6.45) is 44.6. The van der Waals surface area contributed by atoms with Crippen LogP contribution in [0, 0.1) is 23.7 Å². The van der Waals surface area contributed by atoms with Crippen molar-refractivity contribution in [2.75, 3.05) is 39.6 Å². The number of esters is 4. The van der Waals surface area contributed by atoms with Gasteiger partial charge in [-0.25, -0.2) is 9.13 Å². The lowest BCUT2D eigenvalue weighted by atomic mass is 9.99. The predicted molar refractivity (Wildman–Crippen MR) is 367 cm³/mol. The summed E-state index contributed by atoms with van der Waals surface area (Å²) in [5, 5.41) is 10.6. The smallest absolute Gasteiger partial charge is 0.462 e. The summed E-state index contributed by atoms with van der Waals surface area (Å²) in [5.41, 5.74) is 0. The Balaban J connectivity index is 5.23. The van der Waals surface area contributed by atoms with Crippen molar-refractivity contribution in [3.63, 3.8) is 0 Å². The van der Waals surface area contributed by atoms with Crippen LogP contribution in [0.5, 0.6) is 0 Å². The van der Waals surface area contributed by atoms with E-state index in [-0.39, 0.29) is 25.7 Å². The average molecular weight is 1340 g/mol. The van der Waals surface area contributed by atoms with E-state index >= 15 is 0 Å². The standard InChI is InChI=1S/C72H140O17P2/c1-9-65(8)51-43-35-26-22-23-29-39-47-55-72(77)89-68(59-83-70(75)53-45-37-31-30-34-42-50-64(6)7)61-87-91(80,81)85-57-66(73)56-84-90(78,79)86-60-67(58-82-69(74)52-44-36-27-21-17-19-25-33-41-49-63(4)5)88-71(76)54-46-38-28-20-16-14-12-10-11-13-15-18-24-32-40-48-62(2)3/h62-68,73H,9-61H2,1-8H3,(H,78,79)(H,80,81)/t65?,66-,67-,68-/m1/s1. The van der Waals surface area contributed by atoms with Gasteiger partial charge in [0.2, 0.25) is 0 Å². The van der Waals surface area contributed by atoms with Gasteiger partial charge >= 0.3 is 39.5 Å². The molecule has 6 atom stereocenters. The van der Waals surface area contributed by atoms with E-state index in [1.165, 1.54) is 154 Å². The predicted octanol–water partition coefficient (Wildman–Crippen LogP) is 20.5.